The van der Waals surface area contributed by atoms with Gasteiger partial charge in [-0.05, 0) is 24.6 Å². The molecule has 3 amide bonds. The molecule has 2 aromatic rings. The molecule has 114 valence electrons. The number of imide groups is 1. The summed E-state index contributed by atoms with van der Waals surface area (Å²) in [4.78, 5) is 29.9. The molecule has 1 aromatic heterocycles. The van der Waals surface area contributed by atoms with Crippen LogP contribution in [0.3, 0.4) is 0 Å². The van der Waals surface area contributed by atoms with Crippen molar-refractivity contribution in [3.8, 4) is 0 Å². The molecule has 1 fully saturated rings. The zero-order valence-corrected chi connectivity index (χ0v) is 13.2. The molecule has 9 heteroatoms. The third-order valence-electron chi connectivity index (χ3n) is 3.58. The number of nitrogens with zero attached hydrogens (tertiary/aromatic N) is 4. The predicted molar refractivity (Wildman–Crippen MR) is 80.8 cm³/mol. The number of rotatable bonds is 2. The van der Waals surface area contributed by atoms with Gasteiger partial charge in [-0.1, -0.05) is 29.3 Å². The van der Waals surface area contributed by atoms with Crippen LogP contribution in [0.2, 0.25) is 10.0 Å². The largest absolute Gasteiger partial charge is 0.332 e. The van der Waals surface area contributed by atoms with E-state index in [1.165, 1.54) is 11.0 Å². The Bertz CT molecular complexity index is 790. The molecule has 0 unspecified atom stereocenters. The predicted octanol–water partition coefficient (Wildman–Crippen LogP) is 2.09. The van der Waals surface area contributed by atoms with Crippen LogP contribution in [0.5, 0.6) is 0 Å². The first-order valence-electron chi connectivity index (χ1n) is 6.31. The van der Waals surface area contributed by atoms with Gasteiger partial charge in [-0.2, -0.15) is 15.0 Å². The number of hydrogen-bond acceptors (Lipinski definition) is 4. The third kappa shape index (κ3) is 2.05. The van der Waals surface area contributed by atoms with Crippen LogP contribution in [0.15, 0.2) is 24.5 Å². The zero-order chi connectivity index (χ0) is 16.1. The molecule has 0 saturated carbocycles. The summed E-state index contributed by atoms with van der Waals surface area (Å²) in [6, 6.07) is 4.21. The van der Waals surface area contributed by atoms with Crippen LogP contribution in [0.25, 0.3) is 0 Å². The SMILES string of the molecule is Cn1ncnc1N1C(=O)N[C@@](C)(c2ccc(Cl)c(Cl)c2)C1=O. The van der Waals surface area contributed by atoms with Crippen LogP contribution in [-0.2, 0) is 17.4 Å². The fourth-order valence-corrected chi connectivity index (χ4v) is 2.61. The molecular weight excluding hydrogens is 329 g/mol. The van der Waals surface area contributed by atoms with Gasteiger partial charge in [0.25, 0.3) is 5.91 Å². The number of nitrogens with one attached hydrogen (secondary N) is 1. The van der Waals surface area contributed by atoms with E-state index >= 15 is 0 Å². The molecule has 0 bridgehead atoms. The fraction of sp³-hybridized carbons (Fsp3) is 0.231. The van der Waals surface area contributed by atoms with Gasteiger partial charge in [0.2, 0.25) is 5.95 Å². The summed E-state index contributed by atoms with van der Waals surface area (Å²) in [6.07, 6.45) is 1.27. The molecule has 1 saturated heterocycles. The maximum Gasteiger partial charge on any atom is 0.332 e. The van der Waals surface area contributed by atoms with Crippen molar-refractivity contribution in [2.24, 2.45) is 7.05 Å². The quantitative estimate of drug-likeness (QED) is 0.849. The molecule has 22 heavy (non-hydrogen) atoms. The number of aromatic nitrogens is 3. The summed E-state index contributed by atoms with van der Waals surface area (Å²) in [7, 11) is 1.59. The van der Waals surface area contributed by atoms with E-state index in [1.807, 2.05) is 0 Å². The molecule has 0 aliphatic carbocycles. The third-order valence-corrected chi connectivity index (χ3v) is 4.31. The van der Waals surface area contributed by atoms with Gasteiger partial charge in [0, 0.05) is 7.05 Å². The minimum absolute atomic E-state index is 0.145. The molecular formula is C13H11Cl2N5O2. The minimum atomic E-state index is -1.25. The van der Waals surface area contributed by atoms with Crippen molar-refractivity contribution in [1.82, 2.24) is 20.1 Å². The monoisotopic (exact) mass is 339 g/mol. The molecule has 0 radical (unpaired) electrons. The highest BCUT2D eigenvalue weighted by Crippen LogP contribution is 2.34. The lowest BCUT2D eigenvalue weighted by Gasteiger charge is -2.22. The van der Waals surface area contributed by atoms with Crippen molar-refractivity contribution in [1.29, 1.82) is 0 Å². The van der Waals surface area contributed by atoms with Gasteiger partial charge < -0.3 is 5.32 Å². The molecule has 0 spiro atoms. The van der Waals surface area contributed by atoms with Crippen LogP contribution >= 0.6 is 23.2 Å². The van der Waals surface area contributed by atoms with E-state index in [9.17, 15) is 9.59 Å². The molecule has 1 aliphatic heterocycles. The van der Waals surface area contributed by atoms with Crippen molar-refractivity contribution in [3.63, 3.8) is 0 Å². The Morgan fingerprint density at radius 1 is 1.23 bits per heavy atom. The maximum atomic E-state index is 12.8. The lowest BCUT2D eigenvalue weighted by Crippen LogP contribution is -2.41. The zero-order valence-electron chi connectivity index (χ0n) is 11.7. The maximum absolute atomic E-state index is 12.8. The van der Waals surface area contributed by atoms with Crippen molar-refractivity contribution in [3.05, 3.63) is 40.1 Å². The number of benzene rings is 1. The fourth-order valence-electron chi connectivity index (χ4n) is 2.32. The second kappa shape index (κ2) is 4.96. The Labute approximate surface area is 135 Å². The number of aryl methyl sites for hydroxylation is 1. The molecule has 2 heterocycles. The van der Waals surface area contributed by atoms with Gasteiger partial charge in [0.05, 0.1) is 10.0 Å². The van der Waals surface area contributed by atoms with E-state index in [4.69, 9.17) is 23.2 Å². The van der Waals surface area contributed by atoms with Gasteiger partial charge in [0.1, 0.15) is 11.9 Å². The first-order valence-corrected chi connectivity index (χ1v) is 7.06. The minimum Gasteiger partial charge on any atom is -0.319 e. The topological polar surface area (TPSA) is 80.1 Å². The van der Waals surface area contributed by atoms with Gasteiger partial charge >= 0.3 is 6.03 Å². The van der Waals surface area contributed by atoms with Gasteiger partial charge in [-0.3, -0.25) is 4.79 Å². The molecule has 1 aromatic carbocycles. The van der Waals surface area contributed by atoms with Crippen LogP contribution < -0.4 is 10.2 Å². The summed E-state index contributed by atoms with van der Waals surface area (Å²) in [5.74, 6) is -0.321. The molecule has 3 rings (SSSR count). The lowest BCUT2D eigenvalue weighted by atomic mass is 9.92. The molecule has 1 atom stereocenters. The Hall–Kier alpha value is -2.12. The first kappa shape index (κ1) is 14.8. The van der Waals surface area contributed by atoms with Crippen molar-refractivity contribution in [2.75, 3.05) is 4.90 Å². The second-order valence-electron chi connectivity index (χ2n) is 5.01. The summed E-state index contributed by atoms with van der Waals surface area (Å²) in [5, 5.41) is 7.21. The van der Waals surface area contributed by atoms with E-state index < -0.39 is 17.5 Å². The van der Waals surface area contributed by atoms with Crippen LogP contribution in [0.4, 0.5) is 10.7 Å². The van der Waals surface area contributed by atoms with E-state index in [0.717, 1.165) is 4.90 Å². The summed E-state index contributed by atoms with van der Waals surface area (Å²) < 4.78 is 1.35. The summed E-state index contributed by atoms with van der Waals surface area (Å²) in [5.41, 5.74) is -0.720. The standard InChI is InChI=1S/C13H11Cl2N5O2/c1-13(7-3-4-8(14)9(15)5-7)10(21)20(12(22)18-13)11-16-6-17-19(11)2/h3-6H,1-2H3,(H,18,22)/t13-/m0/s1. The van der Waals surface area contributed by atoms with Crippen LogP contribution in [0, 0.1) is 0 Å². The normalized spacial score (nSPS) is 21.4. The average molecular weight is 340 g/mol. The Morgan fingerprint density at radius 2 is 1.95 bits per heavy atom. The van der Waals surface area contributed by atoms with E-state index in [1.54, 1.807) is 32.2 Å². The van der Waals surface area contributed by atoms with E-state index in [0.29, 0.717) is 15.6 Å². The lowest BCUT2D eigenvalue weighted by molar-refractivity contribution is -0.121. The Balaban J connectivity index is 2.06. The van der Waals surface area contributed by atoms with Gasteiger partial charge in [-0.25, -0.2) is 9.48 Å². The molecule has 1 N–H and O–H groups in total. The Morgan fingerprint density at radius 3 is 2.55 bits per heavy atom. The molecule has 1 aliphatic rings. The number of hydrogen-bond donors (Lipinski definition) is 1. The van der Waals surface area contributed by atoms with E-state index in [2.05, 4.69) is 15.4 Å². The first-order chi connectivity index (χ1) is 10.3. The number of halogens is 2. The van der Waals surface area contributed by atoms with Crippen molar-refractivity contribution in [2.45, 2.75) is 12.5 Å². The summed E-state index contributed by atoms with van der Waals surface area (Å²) in [6.45, 7) is 1.60. The highest BCUT2D eigenvalue weighted by atomic mass is 35.5. The van der Waals surface area contributed by atoms with Crippen molar-refractivity contribution >= 4 is 41.1 Å². The van der Waals surface area contributed by atoms with Crippen molar-refractivity contribution < 1.29 is 9.59 Å². The summed E-state index contributed by atoms with van der Waals surface area (Å²) >= 11 is 11.9. The highest BCUT2D eigenvalue weighted by molar-refractivity contribution is 6.42. The smallest absolute Gasteiger partial charge is 0.319 e. The van der Waals surface area contributed by atoms with E-state index in [-0.39, 0.29) is 5.95 Å². The number of carbonyl (C=O) groups is 2. The highest BCUT2D eigenvalue weighted by Gasteiger charge is 2.51. The molecule has 7 nitrogen and oxygen atoms in total. The van der Waals surface area contributed by atoms with Crippen LogP contribution in [0.1, 0.15) is 12.5 Å². The number of urea groups is 1. The number of anilines is 1. The number of amides is 3. The van der Waals surface area contributed by atoms with Gasteiger partial charge in [-0.15, -0.1) is 0 Å². The van der Waals surface area contributed by atoms with Crippen LogP contribution in [-0.4, -0.2) is 26.7 Å². The average Bonchev–Trinajstić information content (AvgIpc) is 2.96. The second-order valence-corrected chi connectivity index (χ2v) is 5.82. The number of carbonyl (C=O) groups excluding carboxylic acids is 2. The Kier molecular flexibility index (Phi) is 3.34. The van der Waals surface area contributed by atoms with Gasteiger partial charge in [0.15, 0.2) is 0 Å².